The zero-order valence-electron chi connectivity index (χ0n) is 17.7. The highest BCUT2D eigenvalue weighted by Gasteiger charge is 2.12. The fraction of sp³-hybridized carbons (Fsp3) is 0.143. The number of hydrogen-bond donors (Lipinski definition) is 4. The van der Waals surface area contributed by atoms with E-state index >= 15 is 0 Å². The van der Waals surface area contributed by atoms with E-state index in [0.717, 1.165) is 17.1 Å². The zero-order valence-corrected chi connectivity index (χ0v) is 18.5. The minimum Gasteiger partial charge on any atom is -0.494 e. The summed E-state index contributed by atoms with van der Waals surface area (Å²) in [6.07, 6.45) is 0. The van der Waals surface area contributed by atoms with Crippen LogP contribution < -0.4 is 26.3 Å². The fourth-order valence-electron chi connectivity index (χ4n) is 2.90. The number of tetrazole rings is 1. The van der Waals surface area contributed by atoms with Crippen LogP contribution in [-0.4, -0.2) is 42.7 Å². The van der Waals surface area contributed by atoms with Crippen LogP contribution in [0.3, 0.4) is 0 Å². The molecule has 5 N–H and O–H groups in total. The van der Waals surface area contributed by atoms with Gasteiger partial charge in [-0.1, -0.05) is 30.0 Å². The molecule has 168 valence electrons. The molecule has 12 heteroatoms. The summed E-state index contributed by atoms with van der Waals surface area (Å²) in [6.45, 7) is 2.52. The van der Waals surface area contributed by atoms with Gasteiger partial charge in [0, 0.05) is 6.07 Å². The lowest BCUT2D eigenvalue weighted by Crippen LogP contribution is -2.73. The summed E-state index contributed by atoms with van der Waals surface area (Å²) >= 11 is 1.36. The third-order valence-electron chi connectivity index (χ3n) is 4.28. The molecule has 0 aliphatic carbocycles. The summed E-state index contributed by atoms with van der Waals surface area (Å²) in [5.74, 6) is 1.58. The first-order valence-electron chi connectivity index (χ1n) is 10.1. The molecular weight excluding hydrogens is 442 g/mol. The Balaban J connectivity index is 1.45. The standard InChI is InChI=1S/C21H21N9O2S/c1-2-32-17-10-8-14(9-11-17)23-19(22)26-20-24-15(12-18(31)25-20)13-33-21-27-28-29-30(21)16-6-4-3-5-7-16/h3-12H,2,13H2,1H3,(H4,22,23,24,25,26,31)/p+1. The molecule has 0 amide bonds. The van der Waals surface area contributed by atoms with Crippen molar-refractivity contribution in [1.82, 2.24) is 30.2 Å². The molecule has 0 fully saturated rings. The van der Waals surface area contributed by atoms with E-state index < -0.39 is 0 Å². The number of H-pyrrole nitrogens is 1. The molecule has 0 atom stereocenters. The van der Waals surface area contributed by atoms with Crippen LogP contribution in [0, 0.1) is 0 Å². The van der Waals surface area contributed by atoms with Gasteiger partial charge in [-0.3, -0.25) is 10.1 Å². The zero-order chi connectivity index (χ0) is 23.0. The predicted molar refractivity (Wildman–Crippen MR) is 125 cm³/mol. The second-order valence-electron chi connectivity index (χ2n) is 6.70. The molecule has 0 spiro atoms. The lowest BCUT2D eigenvalue weighted by Gasteiger charge is -2.05. The van der Waals surface area contributed by atoms with Gasteiger partial charge in [-0.2, -0.15) is 4.68 Å². The molecule has 2 aromatic heterocycles. The number of nitrogens with one attached hydrogen (secondary N) is 3. The van der Waals surface area contributed by atoms with Gasteiger partial charge >= 0.3 is 5.95 Å². The maximum atomic E-state index is 12.1. The van der Waals surface area contributed by atoms with E-state index in [9.17, 15) is 4.79 Å². The van der Waals surface area contributed by atoms with Gasteiger partial charge in [0.2, 0.25) is 5.16 Å². The predicted octanol–water partition coefficient (Wildman–Crippen LogP) is 0.576. The Morgan fingerprint density at radius 2 is 2.00 bits per heavy atom. The number of hydrogen-bond acceptors (Lipinski definition) is 7. The minimum atomic E-state index is -0.306. The monoisotopic (exact) mass is 464 g/mol. The van der Waals surface area contributed by atoms with Crippen molar-refractivity contribution in [2.24, 2.45) is 5.73 Å². The van der Waals surface area contributed by atoms with Gasteiger partial charge in [-0.05, 0) is 53.7 Å². The molecule has 2 aromatic carbocycles. The first-order chi connectivity index (χ1) is 16.1. The number of nitrogens with zero attached hydrogens (tertiary/aromatic N) is 5. The molecule has 0 bridgehead atoms. The van der Waals surface area contributed by atoms with E-state index in [-0.39, 0.29) is 17.5 Å². The van der Waals surface area contributed by atoms with Gasteiger partial charge in [0.1, 0.15) is 11.4 Å². The van der Waals surface area contributed by atoms with Gasteiger partial charge in [0.05, 0.1) is 23.7 Å². The summed E-state index contributed by atoms with van der Waals surface area (Å²) in [5, 5.41) is 15.4. The Kier molecular flexibility index (Phi) is 6.95. The summed E-state index contributed by atoms with van der Waals surface area (Å²) in [4.78, 5) is 22.1. The van der Waals surface area contributed by atoms with Gasteiger partial charge in [-0.15, -0.1) is 10.1 Å². The maximum absolute atomic E-state index is 12.1. The van der Waals surface area contributed by atoms with Crippen LogP contribution in [0.4, 0.5) is 11.6 Å². The molecule has 11 nitrogen and oxygen atoms in total. The average Bonchev–Trinajstić information content (AvgIpc) is 3.28. The van der Waals surface area contributed by atoms with Crippen molar-refractivity contribution in [2.45, 2.75) is 17.8 Å². The second kappa shape index (κ2) is 10.4. The molecule has 0 saturated carbocycles. The number of aromatic nitrogens is 6. The number of para-hydroxylation sites is 1. The van der Waals surface area contributed by atoms with Crippen LogP contribution in [0.1, 0.15) is 12.6 Å². The highest BCUT2D eigenvalue weighted by atomic mass is 32.2. The maximum Gasteiger partial charge on any atom is 0.325 e. The van der Waals surface area contributed by atoms with E-state index in [0.29, 0.717) is 23.2 Å². The van der Waals surface area contributed by atoms with Crippen molar-refractivity contribution in [3.8, 4) is 11.4 Å². The second-order valence-corrected chi connectivity index (χ2v) is 7.65. The van der Waals surface area contributed by atoms with Gasteiger partial charge in [-0.25, -0.2) is 9.98 Å². The lowest BCUT2D eigenvalue weighted by atomic mass is 10.3. The Labute approximate surface area is 193 Å². The van der Waals surface area contributed by atoms with Crippen molar-refractivity contribution < 1.29 is 9.73 Å². The van der Waals surface area contributed by atoms with Crippen molar-refractivity contribution in [3.05, 3.63) is 76.7 Å². The van der Waals surface area contributed by atoms with E-state index in [1.54, 1.807) is 4.68 Å². The van der Waals surface area contributed by atoms with Crippen molar-refractivity contribution in [1.29, 1.82) is 0 Å². The van der Waals surface area contributed by atoms with Crippen LogP contribution in [0.15, 0.2) is 70.6 Å². The van der Waals surface area contributed by atoms with E-state index in [1.807, 2.05) is 61.5 Å². The van der Waals surface area contributed by atoms with Crippen LogP contribution in [-0.2, 0) is 5.75 Å². The Hall–Kier alpha value is -4.19. The van der Waals surface area contributed by atoms with Crippen LogP contribution in [0.5, 0.6) is 5.75 Å². The molecule has 0 radical (unpaired) electrons. The van der Waals surface area contributed by atoms with Crippen LogP contribution in [0.25, 0.3) is 5.69 Å². The molecule has 0 unspecified atom stereocenters. The molecule has 0 saturated heterocycles. The normalized spacial score (nSPS) is 11.4. The van der Waals surface area contributed by atoms with E-state index in [2.05, 4.69) is 35.8 Å². The number of aromatic amines is 1. The number of anilines is 1. The quantitative estimate of drug-likeness (QED) is 0.167. The molecule has 2 heterocycles. The highest BCUT2D eigenvalue weighted by Crippen LogP contribution is 2.21. The molecular formula is C21H22N9O2S+. The van der Waals surface area contributed by atoms with Gasteiger partial charge < -0.3 is 10.5 Å². The first-order valence-corrected chi connectivity index (χ1v) is 11.1. The summed E-state index contributed by atoms with van der Waals surface area (Å²) in [7, 11) is 0. The highest BCUT2D eigenvalue weighted by molar-refractivity contribution is 7.98. The van der Waals surface area contributed by atoms with Crippen LogP contribution in [0.2, 0.25) is 0 Å². The third-order valence-corrected chi connectivity index (χ3v) is 5.24. The number of ether oxygens (including phenoxy) is 1. The molecule has 0 aliphatic rings. The summed E-state index contributed by atoms with van der Waals surface area (Å²) in [6, 6.07) is 18.3. The van der Waals surface area contributed by atoms with Crippen molar-refractivity contribution in [3.63, 3.8) is 0 Å². The van der Waals surface area contributed by atoms with E-state index in [1.165, 1.54) is 17.8 Å². The number of rotatable bonds is 8. The third kappa shape index (κ3) is 5.95. The van der Waals surface area contributed by atoms with Crippen LogP contribution >= 0.6 is 11.8 Å². The lowest BCUT2D eigenvalue weighted by molar-refractivity contribution is -0.365. The van der Waals surface area contributed by atoms with Crippen molar-refractivity contribution >= 4 is 29.4 Å². The summed E-state index contributed by atoms with van der Waals surface area (Å²) < 4.78 is 7.05. The fourth-order valence-corrected chi connectivity index (χ4v) is 3.68. The molecule has 33 heavy (non-hydrogen) atoms. The topological polar surface area (TPSA) is 151 Å². The van der Waals surface area contributed by atoms with Gasteiger partial charge in [0.15, 0.2) is 0 Å². The minimum absolute atomic E-state index is 0.208. The molecule has 4 aromatic rings. The van der Waals surface area contributed by atoms with E-state index in [4.69, 9.17) is 10.5 Å². The molecule has 0 aliphatic heterocycles. The van der Waals surface area contributed by atoms with Crippen molar-refractivity contribution in [2.75, 3.05) is 11.9 Å². The largest absolute Gasteiger partial charge is 0.494 e. The SMILES string of the molecule is CCOc1ccc(NC(N)=[NH+]c2nc(CSc3nnnn3-c3ccccc3)cc(=O)[nH]2)cc1. The Morgan fingerprint density at radius 3 is 2.76 bits per heavy atom. The smallest absolute Gasteiger partial charge is 0.325 e. The number of thioether (sulfide) groups is 1. The number of guanidine groups is 1. The average molecular weight is 465 g/mol. The number of nitrogens with two attached hydrogens (primary N) is 1. The van der Waals surface area contributed by atoms with Gasteiger partial charge in [0.25, 0.3) is 11.5 Å². The first kappa shape index (κ1) is 22.0. The molecule has 4 rings (SSSR count). The summed E-state index contributed by atoms with van der Waals surface area (Å²) in [5.41, 5.74) is 7.87. The number of benzene rings is 2. The Bertz CT molecular complexity index is 1290. The Morgan fingerprint density at radius 1 is 1.21 bits per heavy atom.